The third-order valence-electron chi connectivity index (χ3n) is 2.97. The zero-order valence-corrected chi connectivity index (χ0v) is 10.2. The minimum Gasteiger partial charge on any atom is -0.376 e. The molecule has 0 bridgehead atoms. The zero-order valence-electron chi connectivity index (χ0n) is 10.2. The number of likely N-dealkylation sites (N-methyl/N-ethyl adjacent to an activating group) is 1. The van der Waals surface area contributed by atoms with Crippen LogP contribution in [0.1, 0.15) is 18.4 Å². The third kappa shape index (κ3) is 3.19. The van der Waals surface area contributed by atoms with Crippen LogP contribution >= 0.6 is 0 Å². The molecule has 0 aromatic heterocycles. The van der Waals surface area contributed by atoms with E-state index >= 15 is 0 Å². The number of halogens is 1. The number of aryl methyl sites for hydroxylation is 1. The molecule has 0 heterocycles. The van der Waals surface area contributed by atoms with Crippen molar-refractivity contribution in [3.05, 3.63) is 29.6 Å². The highest BCUT2D eigenvalue weighted by atomic mass is 19.1. The minimum absolute atomic E-state index is 0.0504. The molecule has 1 aromatic carbocycles. The van der Waals surface area contributed by atoms with E-state index in [0.29, 0.717) is 11.7 Å². The fourth-order valence-electron chi connectivity index (χ4n) is 1.81. The molecular weight excluding hydrogens is 219 g/mol. The van der Waals surface area contributed by atoms with Gasteiger partial charge < -0.3 is 10.2 Å². The molecule has 1 saturated carbocycles. The molecule has 1 aromatic rings. The van der Waals surface area contributed by atoms with Gasteiger partial charge in [-0.3, -0.25) is 4.79 Å². The Morgan fingerprint density at radius 3 is 2.76 bits per heavy atom. The van der Waals surface area contributed by atoms with Gasteiger partial charge in [-0.15, -0.1) is 0 Å². The monoisotopic (exact) mass is 236 g/mol. The number of carbonyl (C=O) groups is 1. The third-order valence-corrected chi connectivity index (χ3v) is 2.97. The second-order valence-corrected chi connectivity index (χ2v) is 4.61. The lowest BCUT2D eigenvalue weighted by atomic mass is 10.2. The summed E-state index contributed by atoms with van der Waals surface area (Å²) in [7, 11) is 1.82. The molecule has 1 aliphatic carbocycles. The van der Waals surface area contributed by atoms with Crippen molar-refractivity contribution in [3.8, 4) is 0 Å². The van der Waals surface area contributed by atoms with E-state index in [1.807, 2.05) is 20.0 Å². The van der Waals surface area contributed by atoms with Crippen molar-refractivity contribution < 1.29 is 9.18 Å². The van der Waals surface area contributed by atoms with Gasteiger partial charge in [-0.05, 0) is 43.5 Å². The van der Waals surface area contributed by atoms with E-state index in [1.165, 1.54) is 12.1 Å². The van der Waals surface area contributed by atoms with Crippen LogP contribution in [0.4, 0.5) is 10.1 Å². The molecule has 0 radical (unpaired) electrons. The average Bonchev–Trinajstić information content (AvgIpc) is 3.07. The Balaban J connectivity index is 1.90. The molecule has 1 fully saturated rings. The van der Waals surface area contributed by atoms with Gasteiger partial charge in [-0.25, -0.2) is 4.39 Å². The maximum Gasteiger partial charge on any atom is 0.241 e. The standard InChI is InChI=1S/C13H17FN2O/c1-9-5-10(14)7-11(6-9)15-8-13(17)16(2)12-3-4-12/h5-7,12,15H,3-4,8H2,1-2H3. The molecular formula is C13H17FN2O. The number of nitrogens with one attached hydrogen (secondary N) is 1. The van der Waals surface area contributed by atoms with Crippen LogP contribution in [0.5, 0.6) is 0 Å². The highest BCUT2D eigenvalue weighted by Crippen LogP contribution is 2.25. The Morgan fingerprint density at radius 1 is 1.47 bits per heavy atom. The maximum atomic E-state index is 13.1. The van der Waals surface area contributed by atoms with Crippen LogP contribution in [0.2, 0.25) is 0 Å². The first-order chi connectivity index (χ1) is 8.06. The number of rotatable bonds is 4. The van der Waals surface area contributed by atoms with Crippen molar-refractivity contribution in [2.24, 2.45) is 0 Å². The summed E-state index contributed by atoms with van der Waals surface area (Å²) in [6.45, 7) is 2.04. The van der Waals surface area contributed by atoms with E-state index in [4.69, 9.17) is 0 Å². The summed E-state index contributed by atoms with van der Waals surface area (Å²) in [6.07, 6.45) is 2.20. The van der Waals surface area contributed by atoms with Crippen molar-refractivity contribution in [2.75, 3.05) is 18.9 Å². The molecule has 92 valence electrons. The molecule has 1 N–H and O–H groups in total. The summed E-state index contributed by atoms with van der Waals surface area (Å²) < 4.78 is 13.1. The topological polar surface area (TPSA) is 32.3 Å². The number of nitrogens with zero attached hydrogens (tertiary/aromatic N) is 1. The zero-order chi connectivity index (χ0) is 12.4. The first-order valence-electron chi connectivity index (χ1n) is 5.83. The van der Waals surface area contributed by atoms with Crippen LogP contribution < -0.4 is 5.32 Å². The van der Waals surface area contributed by atoms with Gasteiger partial charge in [0.05, 0.1) is 6.54 Å². The highest BCUT2D eigenvalue weighted by Gasteiger charge is 2.29. The largest absolute Gasteiger partial charge is 0.376 e. The van der Waals surface area contributed by atoms with Gasteiger partial charge in [-0.1, -0.05) is 0 Å². The van der Waals surface area contributed by atoms with Gasteiger partial charge in [0, 0.05) is 18.8 Å². The van der Waals surface area contributed by atoms with E-state index in [-0.39, 0.29) is 18.3 Å². The lowest BCUT2D eigenvalue weighted by molar-refractivity contribution is -0.128. The Bertz CT molecular complexity index is 409. The average molecular weight is 236 g/mol. The second-order valence-electron chi connectivity index (χ2n) is 4.61. The van der Waals surface area contributed by atoms with Gasteiger partial charge in [0.25, 0.3) is 0 Å². The lowest BCUT2D eigenvalue weighted by Crippen LogP contribution is -2.33. The molecule has 3 nitrogen and oxygen atoms in total. The van der Waals surface area contributed by atoms with Crippen LogP contribution in [-0.2, 0) is 4.79 Å². The predicted octanol–water partition coefficient (Wildman–Crippen LogP) is 2.17. The number of hydrogen-bond donors (Lipinski definition) is 1. The summed E-state index contributed by atoms with van der Waals surface area (Å²) >= 11 is 0. The fourth-order valence-corrected chi connectivity index (χ4v) is 1.81. The van der Waals surface area contributed by atoms with Gasteiger partial charge >= 0.3 is 0 Å². The molecule has 0 saturated heterocycles. The number of amides is 1. The molecule has 2 rings (SSSR count). The Labute approximate surface area is 101 Å². The van der Waals surface area contributed by atoms with E-state index in [1.54, 1.807) is 4.90 Å². The number of benzene rings is 1. The molecule has 0 aliphatic heterocycles. The molecule has 1 aliphatic rings. The van der Waals surface area contributed by atoms with Crippen molar-refractivity contribution in [1.29, 1.82) is 0 Å². The SMILES string of the molecule is Cc1cc(F)cc(NCC(=O)N(C)C2CC2)c1. The van der Waals surface area contributed by atoms with E-state index in [0.717, 1.165) is 18.4 Å². The van der Waals surface area contributed by atoms with Crippen molar-refractivity contribution in [1.82, 2.24) is 4.90 Å². The Kier molecular flexibility index (Phi) is 3.31. The van der Waals surface area contributed by atoms with E-state index in [2.05, 4.69) is 5.32 Å². The molecule has 17 heavy (non-hydrogen) atoms. The van der Waals surface area contributed by atoms with Gasteiger partial charge in [0.2, 0.25) is 5.91 Å². The number of anilines is 1. The summed E-state index contributed by atoms with van der Waals surface area (Å²) in [6, 6.07) is 5.10. The van der Waals surface area contributed by atoms with Crippen LogP contribution in [0.3, 0.4) is 0 Å². The van der Waals surface area contributed by atoms with Crippen LogP contribution in [0, 0.1) is 12.7 Å². The summed E-state index contributed by atoms with van der Waals surface area (Å²) in [5.41, 5.74) is 1.50. The summed E-state index contributed by atoms with van der Waals surface area (Å²) in [5.74, 6) is -0.232. The second kappa shape index (κ2) is 4.73. The Morgan fingerprint density at radius 2 is 2.18 bits per heavy atom. The highest BCUT2D eigenvalue weighted by molar-refractivity contribution is 5.81. The number of hydrogen-bond acceptors (Lipinski definition) is 2. The van der Waals surface area contributed by atoms with Gasteiger partial charge in [-0.2, -0.15) is 0 Å². The van der Waals surface area contributed by atoms with E-state index < -0.39 is 0 Å². The van der Waals surface area contributed by atoms with Gasteiger partial charge in [0.15, 0.2) is 0 Å². The molecule has 1 amide bonds. The smallest absolute Gasteiger partial charge is 0.241 e. The molecule has 0 atom stereocenters. The normalized spacial score (nSPS) is 14.5. The minimum atomic E-state index is -0.282. The van der Waals surface area contributed by atoms with E-state index in [9.17, 15) is 9.18 Å². The van der Waals surface area contributed by atoms with Gasteiger partial charge in [0.1, 0.15) is 5.82 Å². The van der Waals surface area contributed by atoms with Crippen LogP contribution in [0.15, 0.2) is 18.2 Å². The summed E-state index contributed by atoms with van der Waals surface area (Å²) in [4.78, 5) is 13.5. The molecule has 0 unspecified atom stereocenters. The van der Waals surface area contributed by atoms with Crippen molar-refractivity contribution in [3.63, 3.8) is 0 Å². The first-order valence-corrected chi connectivity index (χ1v) is 5.83. The maximum absolute atomic E-state index is 13.1. The molecule has 0 spiro atoms. The van der Waals surface area contributed by atoms with Crippen molar-refractivity contribution in [2.45, 2.75) is 25.8 Å². The van der Waals surface area contributed by atoms with Crippen LogP contribution in [0.25, 0.3) is 0 Å². The lowest BCUT2D eigenvalue weighted by Gasteiger charge is -2.17. The Hall–Kier alpha value is -1.58. The quantitative estimate of drug-likeness (QED) is 0.869. The first kappa shape index (κ1) is 11.9. The van der Waals surface area contributed by atoms with Crippen LogP contribution in [-0.4, -0.2) is 30.4 Å². The fraction of sp³-hybridized carbons (Fsp3) is 0.462. The molecule has 4 heteroatoms. The van der Waals surface area contributed by atoms with Crippen molar-refractivity contribution >= 4 is 11.6 Å². The summed E-state index contributed by atoms with van der Waals surface area (Å²) in [5, 5.41) is 2.96. The number of carbonyl (C=O) groups excluding carboxylic acids is 1. The predicted molar refractivity (Wildman–Crippen MR) is 65.4 cm³/mol.